The summed E-state index contributed by atoms with van der Waals surface area (Å²) in [5.74, 6) is 0.00336. The summed E-state index contributed by atoms with van der Waals surface area (Å²) in [5.41, 5.74) is 1.81. The van der Waals surface area contributed by atoms with Gasteiger partial charge in [-0.05, 0) is 57.9 Å². The second-order valence-corrected chi connectivity index (χ2v) is 8.60. The summed E-state index contributed by atoms with van der Waals surface area (Å²) in [5, 5.41) is 6.87. The molecule has 9 heteroatoms. The average Bonchev–Trinajstić information content (AvgIpc) is 2.97. The molecule has 0 bridgehead atoms. The lowest BCUT2D eigenvalue weighted by Gasteiger charge is -2.14. The zero-order valence-corrected chi connectivity index (χ0v) is 16.7. The molecule has 1 heterocycles. The molecule has 2 aromatic rings. The summed E-state index contributed by atoms with van der Waals surface area (Å²) in [7, 11) is -3.93. The van der Waals surface area contributed by atoms with E-state index in [0.29, 0.717) is 35.4 Å². The minimum atomic E-state index is -3.93. The van der Waals surface area contributed by atoms with Gasteiger partial charge in [0.15, 0.2) is 5.76 Å². The third-order valence-electron chi connectivity index (χ3n) is 4.38. The van der Waals surface area contributed by atoms with Gasteiger partial charge < -0.3 is 9.73 Å². The second kappa shape index (κ2) is 7.75. The number of hydrazone groups is 1. The van der Waals surface area contributed by atoms with Crippen LogP contribution in [0.4, 0.5) is 4.39 Å². The highest BCUT2D eigenvalue weighted by Gasteiger charge is 2.28. The van der Waals surface area contributed by atoms with Gasteiger partial charge in [0.25, 0.3) is 15.9 Å². The number of nitrogens with zero attached hydrogens (tertiary/aromatic N) is 1. The summed E-state index contributed by atoms with van der Waals surface area (Å²) in [6.45, 7) is 5.47. The minimum Gasteiger partial charge on any atom is -0.455 e. The van der Waals surface area contributed by atoms with Gasteiger partial charge in [-0.15, -0.1) is 0 Å². The molecule has 0 spiro atoms. The van der Waals surface area contributed by atoms with Gasteiger partial charge in [-0.25, -0.2) is 4.39 Å². The van der Waals surface area contributed by atoms with Gasteiger partial charge in [0.05, 0.1) is 10.6 Å². The summed E-state index contributed by atoms with van der Waals surface area (Å²) in [4.78, 5) is 14.5. The largest absolute Gasteiger partial charge is 0.455 e. The number of furan rings is 1. The summed E-state index contributed by atoms with van der Waals surface area (Å²) in [6, 6.07) is 4.44. The molecule has 1 aliphatic rings. The minimum absolute atomic E-state index is 0.0373. The van der Waals surface area contributed by atoms with Crippen molar-refractivity contribution in [1.29, 1.82) is 0 Å². The van der Waals surface area contributed by atoms with E-state index in [4.69, 9.17) is 4.42 Å². The van der Waals surface area contributed by atoms with E-state index in [0.717, 1.165) is 18.6 Å². The Balaban J connectivity index is 1.90. The van der Waals surface area contributed by atoms with Crippen LogP contribution in [0.15, 0.2) is 38.7 Å². The van der Waals surface area contributed by atoms with Crippen LogP contribution in [0.3, 0.4) is 0 Å². The van der Waals surface area contributed by atoms with Crippen LogP contribution in [-0.2, 0) is 16.4 Å². The number of aryl methyl sites for hydroxylation is 1. The van der Waals surface area contributed by atoms with Crippen molar-refractivity contribution in [2.24, 2.45) is 5.10 Å². The number of benzene rings is 1. The zero-order chi connectivity index (χ0) is 20.5. The van der Waals surface area contributed by atoms with Crippen molar-refractivity contribution < 1.29 is 22.0 Å². The number of rotatable bonds is 5. The lowest BCUT2D eigenvalue weighted by molar-refractivity contribution is 0.0912. The maximum Gasteiger partial charge on any atom is 0.287 e. The number of hydrogen-bond donors (Lipinski definition) is 2. The molecule has 1 aromatic heterocycles. The maximum absolute atomic E-state index is 13.0. The molecule has 0 saturated heterocycles. The third kappa shape index (κ3) is 4.09. The molecule has 0 aliphatic heterocycles. The molecule has 3 rings (SSSR count). The number of hydrogen-bond acceptors (Lipinski definition) is 5. The Morgan fingerprint density at radius 1 is 1.21 bits per heavy atom. The quantitative estimate of drug-likeness (QED) is 0.744. The smallest absolute Gasteiger partial charge is 0.287 e. The Kier molecular flexibility index (Phi) is 5.55. The van der Waals surface area contributed by atoms with E-state index in [1.807, 2.05) is 13.8 Å². The van der Waals surface area contributed by atoms with Crippen LogP contribution in [0.2, 0.25) is 0 Å². The molecular formula is C19H22FN3O4S. The number of carbonyl (C=O) groups excluding carboxylic acids is 1. The fourth-order valence-electron chi connectivity index (χ4n) is 3.11. The van der Waals surface area contributed by atoms with Crippen LogP contribution in [0.1, 0.15) is 54.1 Å². The van der Waals surface area contributed by atoms with Crippen molar-refractivity contribution >= 4 is 21.6 Å². The first-order valence-corrected chi connectivity index (χ1v) is 10.4. The molecule has 0 fully saturated rings. The number of sulfonamides is 1. The normalized spacial score (nSPS) is 15.5. The Bertz CT molecular complexity index is 1020. The molecule has 0 atom stereocenters. The number of halogens is 1. The number of carbonyl (C=O) groups is 1. The molecular weight excluding hydrogens is 385 g/mol. The molecule has 1 aliphatic carbocycles. The Labute approximate surface area is 163 Å². The second-order valence-electron chi connectivity index (χ2n) is 6.94. The molecule has 1 amide bonds. The molecule has 28 heavy (non-hydrogen) atoms. The first kappa shape index (κ1) is 20.1. The van der Waals surface area contributed by atoms with E-state index in [9.17, 15) is 17.6 Å². The third-order valence-corrected chi connectivity index (χ3v) is 5.60. The molecule has 0 saturated carbocycles. The van der Waals surface area contributed by atoms with Crippen LogP contribution in [0, 0.1) is 12.7 Å². The molecule has 0 radical (unpaired) electrons. The predicted octanol–water partition coefficient (Wildman–Crippen LogP) is 2.88. The Morgan fingerprint density at radius 2 is 1.89 bits per heavy atom. The molecule has 1 aromatic carbocycles. The lowest BCUT2D eigenvalue weighted by Crippen LogP contribution is -2.30. The van der Waals surface area contributed by atoms with Crippen LogP contribution < -0.4 is 10.1 Å². The van der Waals surface area contributed by atoms with Crippen molar-refractivity contribution in [3.8, 4) is 0 Å². The number of fused-ring (bicyclic) bond motifs is 1. The predicted molar refractivity (Wildman–Crippen MR) is 102 cm³/mol. The van der Waals surface area contributed by atoms with Crippen LogP contribution in [-0.4, -0.2) is 26.1 Å². The van der Waals surface area contributed by atoms with Crippen LogP contribution in [0.5, 0.6) is 0 Å². The van der Waals surface area contributed by atoms with E-state index in [1.54, 1.807) is 6.92 Å². The topological polar surface area (TPSA) is 101 Å². The summed E-state index contributed by atoms with van der Waals surface area (Å²) in [6.07, 6.45) is 1.92. The fraction of sp³-hybridized carbons (Fsp3) is 0.368. The highest BCUT2D eigenvalue weighted by molar-refractivity contribution is 7.89. The Hall–Kier alpha value is -2.68. The molecule has 7 nitrogen and oxygen atoms in total. The van der Waals surface area contributed by atoms with E-state index < -0.39 is 15.8 Å². The van der Waals surface area contributed by atoms with E-state index in [1.165, 1.54) is 12.1 Å². The molecule has 0 unspecified atom stereocenters. The Morgan fingerprint density at radius 3 is 2.54 bits per heavy atom. The lowest BCUT2D eigenvalue weighted by atomic mass is 9.93. The van der Waals surface area contributed by atoms with E-state index in [-0.39, 0.29) is 22.6 Å². The fourth-order valence-corrected chi connectivity index (χ4v) is 3.94. The molecule has 150 valence electrons. The van der Waals surface area contributed by atoms with Gasteiger partial charge in [0.2, 0.25) is 0 Å². The first-order valence-electron chi connectivity index (χ1n) is 8.96. The summed E-state index contributed by atoms with van der Waals surface area (Å²) < 4.78 is 43.5. The van der Waals surface area contributed by atoms with Gasteiger partial charge >= 0.3 is 0 Å². The maximum atomic E-state index is 13.0. The van der Waals surface area contributed by atoms with Crippen LogP contribution in [0.25, 0.3) is 0 Å². The SMILES string of the molecule is Cc1c(C(=O)NC(C)C)oc2c1/C(=N/NS(=O)(=O)c1ccc(F)cc1)CCC2. The van der Waals surface area contributed by atoms with Crippen molar-refractivity contribution in [1.82, 2.24) is 10.1 Å². The van der Waals surface area contributed by atoms with Gasteiger partial charge in [0, 0.05) is 23.6 Å². The monoisotopic (exact) mass is 407 g/mol. The van der Waals surface area contributed by atoms with Gasteiger partial charge in [-0.3, -0.25) is 4.79 Å². The van der Waals surface area contributed by atoms with Gasteiger partial charge in [0.1, 0.15) is 11.6 Å². The standard InChI is InChI=1S/C19H22FN3O4S/c1-11(2)21-19(24)18-12(3)17-15(5-4-6-16(17)27-18)22-23-28(25,26)14-9-7-13(20)8-10-14/h7-11,23H,4-6H2,1-3H3,(H,21,24)/b22-15+. The first-order chi connectivity index (χ1) is 13.2. The highest BCUT2D eigenvalue weighted by Crippen LogP contribution is 2.30. The van der Waals surface area contributed by atoms with Gasteiger partial charge in [-0.1, -0.05) is 0 Å². The van der Waals surface area contributed by atoms with Crippen molar-refractivity contribution in [3.63, 3.8) is 0 Å². The van der Waals surface area contributed by atoms with E-state index in [2.05, 4.69) is 15.2 Å². The van der Waals surface area contributed by atoms with Crippen molar-refractivity contribution in [2.75, 3.05) is 0 Å². The number of nitrogens with one attached hydrogen (secondary N) is 2. The highest BCUT2D eigenvalue weighted by atomic mass is 32.2. The van der Waals surface area contributed by atoms with E-state index >= 15 is 0 Å². The van der Waals surface area contributed by atoms with Crippen molar-refractivity contribution in [3.05, 3.63) is 52.7 Å². The summed E-state index contributed by atoms with van der Waals surface area (Å²) >= 11 is 0. The average molecular weight is 407 g/mol. The zero-order valence-electron chi connectivity index (χ0n) is 15.9. The van der Waals surface area contributed by atoms with Crippen molar-refractivity contribution in [2.45, 2.75) is 51.0 Å². The molecule has 2 N–H and O–H groups in total. The van der Waals surface area contributed by atoms with Crippen LogP contribution >= 0.6 is 0 Å². The number of amides is 1. The van der Waals surface area contributed by atoms with Gasteiger partial charge in [-0.2, -0.15) is 18.4 Å².